The van der Waals surface area contributed by atoms with Crippen LogP contribution in [0.15, 0.2) is 0 Å². The zero-order valence-electron chi connectivity index (χ0n) is 10.3. The molecule has 1 saturated carbocycles. The normalized spacial score (nSPS) is 20.0. The lowest BCUT2D eigenvalue weighted by molar-refractivity contribution is 0.0668. The second kappa shape index (κ2) is 7.53. The van der Waals surface area contributed by atoms with Crippen molar-refractivity contribution in [1.82, 2.24) is 5.32 Å². The summed E-state index contributed by atoms with van der Waals surface area (Å²) in [4.78, 5) is 0. The van der Waals surface area contributed by atoms with Crippen molar-refractivity contribution in [2.45, 2.75) is 56.9 Å². The number of thioether (sulfide) groups is 1. The maximum atomic E-state index is 5.63. The third-order valence-corrected chi connectivity index (χ3v) is 4.41. The maximum absolute atomic E-state index is 5.63. The minimum Gasteiger partial charge on any atom is -0.377 e. The third-order valence-electron chi connectivity index (χ3n) is 2.87. The van der Waals surface area contributed by atoms with Gasteiger partial charge in [0.15, 0.2) is 0 Å². The van der Waals surface area contributed by atoms with Gasteiger partial charge >= 0.3 is 0 Å². The van der Waals surface area contributed by atoms with Crippen molar-refractivity contribution in [2.75, 3.05) is 19.4 Å². The van der Waals surface area contributed by atoms with Crippen LogP contribution in [0.25, 0.3) is 0 Å². The quantitative estimate of drug-likeness (QED) is 0.728. The average Bonchev–Trinajstić information content (AvgIpc) is 2.70. The molecule has 1 aliphatic carbocycles. The fourth-order valence-electron chi connectivity index (χ4n) is 1.83. The summed E-state index contributed by atoms with van der Waals surface area (Å²) in [5.41, 5.74) is 0. The predicted molar refractivity (Wildman–Crippen MR) is 68.6 cm³/mol. The lowest BCUT2D eigenvalue weighted by Crippen LogP contribution is -2.34. The van der Waals surface area contributed by atoms with E-state index in [0.717, 1.165) is 11.9 Å². The van der Waals surface area contributed by atoms with E-state index < -0.39 is 0 Å². The molecular weight excluding hydrogens is 206 g/mol. The van der Waals surface area contributed by atoms with Crippen LogP contribution in [0.3, 0.4) is 0 Å². The van der Waals surface area contributed by atoms with Gasteiger partial charge in [-0.25, -0.2) is 0 Å². The van der Waals surface area contributed by atoms with Crippen LogP contribution in [0.2, 0.25) is 0 Å². The third kappa shape index (κ3) is 5.79. The zero-order valence-corrected chi connectivity index (χ0v) is 11.1. The first-order chi connectivity index (χ1) is 7.22. The second-order valence-corrected chi connectivity index (χ2v) is 5.94. The lowest BCUT2D eigenvalue weighted by Gasteiger charge is -2.19. The highest BCUT2D eigenvalue weighted by atomic mass is 32.2. The molecule has 0 aromatic heterocycles. The first-order valence-electron chi connectivity index (χ1n) is 6.13. The molecule has 0 spiro atoms. The predicted octanol–water partition coefficient (Wildman–Crippen LogP) is 2.68. The molecule has 0 heterocycles. The van der Waals surface area contributed by atoms with Gasteiger partial charge in [0.1, 0.15) is 0 Å². The number of nitrogens with one attached hydrogen (secondary N) is 1. The molecule has 0 amide bonds. The molecule has 1 rings (SSSR count). The topological polar surface area (TPSA) is 21.3 Å². The molecule has 0 aromatic carbocycles. The smallest absolute Gasteiger partial charge is 0.0631 e. The summed E-state index contributed by atoms with van der Waals surface area (Å²) in [6, 6.07) is 0.512. The summed E-state index contributed by atoms with van der Waals surface area (Å²) in [6.07, 6.45) is 6.06. The lowest BCUT2D eigenvalue weighted by atomic mass is 10.3. The Morgan fingerprint density at radius 2 is 2.00 bits per heavy atom. The van der Waals surface area contributed by atoms with Gasteiger partial charge in [0.05, 0.1) is 12.7 Å². The molecule has 15 heavy (non-hydrogen) atoms. The SMILES string of the molecule is CNC(COC(C)C)CSC1CCCC1. The largest absolute Gasteiger partial charge is 0.377 e. The molecule has 90 valence electrons. The van der Waals surface area contributed by atoms with Gasteiger partial charge in [0.2, 0.25) is 0 Å². The Balaban J connectivity index is 2.09. The summed E-state index contributed by atoms with van der Waals surface area (Å²) in [6.45, 7) is 5.03. The summed E-state index contributed by atoms with van der Waals surface area (Å²) in [7, 11) is 2.03. The van der Waals surface area contributed by atoms with Gasteiger partial charge in [0.25, 0.3) is 0 Å². The molecule has 0 aliphatic heterocycles. The molecule has 2 nitrogen and oxygen atoms in total. The van der Waals surface area contributed by atoms with Gasteiger partial charge < -0.3 is 10.1 Å². The number of rotatable bonds is 7. The summed E-state index contributed by atoms with van der Waals surface area (Å²) in [5.74, 6) is 1.19. The highest BCUT2D eigenvalue weighted by molar-refractivity contribution is 7.99. The molecular formula is C12H25NOS. The minimum atomic E-state index is 0.345. The van der Waals surface area contributed by atoms with Gasteiger partial charge in [-0.15, -0.1) is 0 Å². The molecule has 1 aliphatic rings. The van der Waals surface area contributed by atoms with E-state index in [-0.39, 0.29) is 0 Å². The highest BCUT2D eigenvalue weighted by Crippen LogP contribution is 2.29. The van der Waals surface area contributed by atoms with Crippen LogP contribution in [0.5, 0.6) is 0 Å². The van der Waals surface area contributed by atoms with E-state index in [4.69, 9.17) is 4.74 Å². The summed E-state index contributed by atoms with van der Waals surface area (Å²) in [5, 5.41) is 4.25. The fraction of sp³-hybridized carbons (Fsp3) is 1.00. The van der Waals surface area contributed by atoms with E-state index in [2.05, 4.69) is 30.9 Å². The fourth-order valence-corrected chi connectivity index (χ4v) is 3.26. The van der Waals surface area contributed by atoms with Gasteiger partial charge in [0, 0.05) is 17.0 Å². The van der Waals surface area contributed by atoms with Crippen molar-refractivity contribution in [3.8, 4) is 0 Å². The van der Waals surface area contributed by atoms with Gasteiger partial charge in [-0.05, 0) is 33.7 Å². The maximum Gasteiger partial charge on any atom is 0.0631 e. The molecule has 0 saturated heterocycles. The van der Waals surface area contributed by atoms with E-state index in [9.17, 15) is 0 Å². The molecule has 1 atom stereocenters. The van der Waals surface area contributed by atoms with Crippen molar-refractivity contribution < 1.29 is 4.74 Å². The standard InChI is InChI=1S/C12H25NOS/c1-10(2)14-8-11(13-3)9-15-12-6-4-5-7-12/h10-13H,4-9H2,1-3H3. The number of ether oxygens (including phenoxy) is 1. The molecule has 3 heteroatoms. The van der Waals surface area contributed by atoms with Crippen LogP contribution in [0.1, 0.15) is 39.5 Å². The Morgan fingerprint density at radius 3 is 2.53 bits per heavy atom. The van der Waals surface area contributed by atoms with Crippen molar-refractivity contribution >= 4 is 11.8 Å². The molecule has 1 fully saturated rings. The van der Waals surface area contributed by atoms with Crippen LogP contribution in [0.4, 0.5) is 0 Å². The van der Waals surface area contributed by atoms with E-state index in [1.165, 1.54) is 31.4 Å². The number of hydrogen-bond donors (Lipinski definition) is 1. The van der Waals surface area contributed by atoms with E-state index in [1.54, 1.807) is 0 Å². The van der Waals surface area contributed by atoms with E-state index >= 15 is 0 Å². The Kier molecular flexibility index (Phi) is 6.69. The van der Waals surface area contributed by atoms with Gasteiger partial charge in [-0.1, -0.05) is 12.8 Å². The monoisotopic (exact) mass is 231 g/mol. The Bertz CT molecular complexity index is 158. The van der Waals surface area contributed by atoms with Crippen LogP contribution in [-0.2, 0) is 4.74 Å². The molecule has 0 bridgehead atoms. The summed E-state index contributed by atoms with van der Waals surface area (Å²) >= 11 is 2.13. The number of hydrogen-bond acceptors (Lipinski definition) is 3. The molecule has 0 radical (unpaired) electrons. The first kappa shape index (κ1) is 13.3. The first-order valence-corrected chi connectivity index (χ1v) is 7.17. The Morgan fingerprint density at radius 1 is 1.33 bits per heavy atom. The molecule has 1 N–H and O–H groups in total. The van der Waals surface area contributed by atoms with Crippen LogP contribution in [-0.4, -0.2) is 36.8 Å². The highest BCUT2D eigenvalue weighted by Gasteiger charge is 2.17. The van der Waals surface area contributed by atoms with E-state index in [0.29, 0.717) is 12.1 Å². The van der Waals surface area contributed by atoms with Crippen LogP contribution >= 0.6 is 11.8 Å². The number of likely N-dealkylation sites (N-methyl/N-ethyl adjacent to an activating group) is 1. The van der Waals surface area contributed by atoms with Crippen LogP contribution in [0, 0.1) is 0 Å². The second-order valence-electron chi connectivity index (χ2n) is 4.61. The Hall–Kier alpha value is 0.270. The zero-order chi connectivity index (χ0) is 11.1. The Labute approximate surface area is 98.5 Å². The minimum absolute atomic E-state index is 0.345. The van der Waals surface area contributed by atoms with Crippen molar-refractivity contribution in [1.29, 1.82) is 0 Å². The van der Waals surface area contributed by atoms with Crippen molar-refractivity contribution in [3.63, 3.8) is 0 Å². The molecule has 0 aromatic rings. The van der Waals surface area contributed by atoms with Crippen LogP contribution < -0.4 is 5.32 Å². The van der Waals surface area contributed by atoms with Crippen molar-refractivity contribution in [3.05, 3.63) is 0 Å². The van der Waals surface area contributed by atoms with E-state index in [1.807, 2.05) is 7.05 Å². The molecule has 1 unspecified atom stereocenters. The van der Waals surface area contributed by atoms with Gasteiger partial charge in [-0.2, -0.15) is 11.8 Å². The summed E-state index contributed by atoms with van der Waals surface area (Å²) < 4.78 is 5.63. The van der Waals surface area contributed by atoms with Gasteiger partial charge in [-0.3, -0.25) is 0 Å². The average molecular weight is 231 g/mol. The van der Waals surface area contributed by atoms with Crippen molar-refractivity contribution in [2.24, 2.45) is 0 Å².